The summed E-state index contributed by atoms with van der Waals surface area (Å²) in [5, 5.41) is 9.24. The quantitative estimate of drug-likeness (QED) is 0.651. The Hall–Kier alpha value is -1.83. The zero-order valence-corrected chi connectivity index (χ0v) is 12.6. The van der Waals surface area contributed by atoms with E-state index in [1.54, 1.807) is 0 Å². The van der Waals surface area contributed by atoms with Gasteiger partial charge in [0.1, 0.15) is 10.7 Å². The van der Waals surface area contributed by atoms with E-state index in [0.29, 0.717) is 23.0 Å². The summed E-state index contributed by atoms with van der Waals surface area (Å²) in [5.74, 6) is -0.136. The van der Waals surface area contributed by atoms with Crippen LogP contribution in [0.1, 0.15) is 36.9 Å². The highest BCUT2D eigenvalue weighted by Gasteiger charge is 2.26. The van der Waals surface area contributed by atoms with Crippen LogP contribution in [0.15, 0.2) is 0 Å². The van der Waals surface area contributed by atoms with E-state index in [-0.39, 0.29) is 29.2 Å². The number of nitrogen functional groups attached to an aromatic ring is 1. The summed E-state index contributed by atoms with van der Waals surface area (Å²) in [6.07, 6.45) is 0.303. The fourth-order valence-corrected chi connectivity index (χ4v) is 2.82. The highest BCUT2D eigenvalue weighted by Crippen LogP contribution is 2.27. The number of nitrogens with one attached hydrogen (secondary N) is 3. The van der Waals surface area contributed by atoms with E-state index in [0.717, 1.165) is 0 Å². The molecule has 0 aliphatic carbocycles. The standard InChI is InChI=1S/C12H19N5O2S/c1-12(2,3)17-11-16-9(13)8(20-11)10(19)15-6-4-7(18)14-5-6/h6H,4-5,13H2,1-3H3,(H,14,18)(H,15,19)(H,16,17). The lowest BCUT2D eigenvalue weighted by molar-refractivity contribution is -0.119. The molecular formula is C12H19N5O2S. The molecule has 1 aromatic heterocycles. The van der Waals surface area contributed by atoms with Crippen LogP contribution < -0.4 is 21.7 Å². The van der Waals surface area contributed by atoms with Gasteiger partial charge in [0.05, 0.1) is 6.04 Å². The summed E-state index contributed by atoms with van der Waals surface area (Å²) in [4.78, 5) is 27.7. The predicted molar refractivity (Wildman–Crippen MR) is 78.8 cm³/mol. The van der Waals surface area contributed by atoms with Gasteiger partial charge in [0.2, 0.25) is 5.91 Å². The summed E-state index contributed by atoms with van der Waals surface area (Å²) < 4.78 is 0. The van der Waals surface area contributed by atoms with E-state index in [1.165, 1.54) is 11.3 Å². The molecule has 1 aliphatic heterocycles. The predicted octanol–water partition coefficient (Wildman–Crippen LogP) is 0.554. The highest BCUT2D eigenvalue weighted by atomic mass is 32.1. The maximum Gasteiger partial charge on any atom is 0.265 e. The fraction of sp³-hybridized carbons (Fsp3) is 0.583. The number of rotatable bonds is 3. The first-order valence-electron chi connectivity index (χ1n) is 6.36. The molecule has 1 saturated heterocycles. The minimum atomic E-state index is -0.288. The fourth-order valence-electron chi connectivity index (χ4n) is 1.83. The van der Waals surface area contributed by atoms with Crippen LogP contribution in [0.3, 0.4) is 0 Å². The van der Waals surface area contributed by atoms with Crippen molar-refractivity contribution in [2.45, 2.75) is 38.8 Å². The number of carbonyl (C=O) groups excluding carboxylic acids is 2. The van der Waals surface area contributed by atoms with Crippen LogP contribution in [-0.2, 0) is 4.79 Å². The maximum atomic E-state index is 12.1. The van der Waals surface area contributed by atoms with Crippen molar-refractivity contribution in [3.05, 3.63) is 4.88 Å². The topological polar surface area (TPSA) is 109 Å². The van der Waals surface area contributed by atoms with E-state index >= 15 is 0 Å². The molecule has 0 spiro atoms. The van der Waals surface area contributed by atoms with Gasteiger partial charge in [-0.15, -0.1) is 0 Å². The summed E-state index contributed by atoms with van der Waals surface area (Å²) in [5.41, 5.74) is 5.63. The van der Waals surface area contributed by atoms with Gasteiger partial charge in [-0.25, -0.2) is 4.98 Å². The number of hydrogen-bond donors (Lipinski definition) is 4. The molecule has 2 rings (SSSR count). The van der Waals surface area contributed by atoms with Crippen LogP contribution in [0.4, 0.5) is 10.9 Å². The van der Waals surface area contributed by atoms with Gasteiger partial charge in [-0.1, -0.05) is 11.3 Å². The molecule has 5 N–H and O–H groups in total. The lowest BCUT2D eigenvalue weighted by atomic mass is 10.1. The number of hydrogen-bond acceptors (Lipinski definition) is 6. The molecule has 1 atom stereocenters. The lowest BCUT2D eigenvalue weighted by Gasteiger charge is -2.19. The summed E-state index contributed by atoms with van der Waals surface area (Å²) in [6.45, 7) is 6.46. The Bertz CT molecular complexity index is 534. The molecule has 0 radical (unpaired) electrons. The average molecular weight is 297 g/mol. The molecule has 8 heteroatoms. The SMILES string of the molecule is CC(C)(C)Nc1nc(N)c(C(=O)NC2CNC(=O)C2)s1. The summed E-state index contributed by atoms with van der Waals surface area (Å²) in [6, 6.07) is -0.185. The molecule has 1 unspecified atom stereocenters. The van der Waals surface area contributed by atoms with Crippen molar-refractivity contribution in [3.8, 4) is 0 Å². The second-order valence-electron chi connectivity index (χ2n) is 5.79. The van der Waals surface area contributed by atoms with Gasteiger partial charge >= 0.3 is 0 Å². The van der Waals surface area contributed by atoms with E-state index in [1.807, 2.05) is 20.8 Å². The molecule has 2 amide bonds. The Morgan fingerprint density at radius 2 is 2.20 bits per heavy atom. The van der Waals surface area contributed by atoms with Crippen molar-refractivity contribution >= 4 is 34.1 Å². The molecule has 1 aromatic rings. The number of carbonyl (C=O) groups is 2. The molecular weight excluding hydrogens is 278 g/mol. The molecule has 2 heterocycles. The Morgan fingerprint density at radius 1 is 1.50 bits per heavy atom. The molecule has 0 aromatic carbocycles. The Kier molecular flexibility index (Phi) is 3.85. The van der Waals surface area contributed by atoms with Crippen molar-refractivity contribution < 1.29 is 9.59 Å². The van der Waals surface area contributed by atoms with Gasteiger partial charge in [0.25, 0.3) is 5.91 Å². The number of nitrogens with two attached hydrogens (primary N) is 1. The van der Waals surface area contributed by atoms with Crippen LogP contribution in [0, 0.1) is 0 Å². The highest BCUT2D eigenvalue weighted by molar-refractivity contribution is 7.18. The van der Waals surface area contributed by atoms with Gasteiger partial charge in [-0.05, 0) is 20.8 Å². The van der Waals surface area contributed by atoms with E-state index in [9.17, 15) is 9.59 Å². The molecule has 110 valence electrons. The Morgan fingerprint density at radius 3 is 2.75 bits per heavy atom. The van der Waals surface area contributed by atoms with Gasteiger partial charge in [-0.3, -0.25) is 9.59 Å². The first-order valence-corrected chi connectivity index (χ1v) is 7.18. The van der Waals surface area contributed by atoms with E-state index in [2.05, 4.69) is 20.9 Å². The Labute approximate surface area is 121 Å². The number of anilines is 2. The average Bonchev–Trinajstić information content (AvgIpc) is 2.83. The third kappa shape index (κ3) is 3.60. The number of amides is 2. The zero-order valence-electron chi connectivity index (χ0n) is 11.7. The second kappa shape index (κ2) is 5.28. The maximum absolute atomic E-state index is 12.1. The van der Waals surface area contributed by atoms with Crippen LogP contribution in [0.25, 0.3) is 0 Å². The first kappa shape index (κ1) is 14.6. The van der Waals surface area contributed by atoms with Crippen LogP contribution >= 0.6 is 11.3 Å². The number of aromatic nitrogens is 1. The molecule has 0 saturated carbocycles. The van der Waals surface area contributed by atoms with Crippen molar-refractivity contribution in [2.24, 2.45) is 0 Å². The van der Waals surface area contributed by atoms with Crippen molar-refractivity contribution in [2.75, 3.05) is 17.6 Å². The van der Waals surface area contributed by atoms with Crippen LogP contribution in [0.5, 0.6) is 0 Å². The van der Waals surface area contributed by atoms with Crippen LogP contribution in [0.2, 0.25) is 0 Å². The van der Waals surface area contributed by atoms with Gasteiger partial charge in [-0.2, -0.15) is 0 Å². The van der Waals surface area contributed by atoms with Crippen molar-refractivity contribution in [1.82, 2.24) is 15.6 Å². The normalized spacial score (nSPS) is 18.8. The summed E-state index contributed by atoms with van der Waals surface area (Å²) in [7, 11) is 0. The van der Waals surface area contributed by atoms with Crippen molar-refractivity contribution in [1.29, 1.82) is 0 Å². The Balaban J connectivity index is 2.04. The first-order chi connectivity index (χ1) is 9.24. The van der Waals surface area contributed by atoms with Gasteiger partial charge < -0.3 is 21.7 Å². The molecule has 1 fully saturated rings. The second-order valence-corrected chi connectivity index (χ2v) is 6.79. The molecule has 20 heavy (non-hydrogen) atoms. The molecule has 0 bridgehead atoms. The van der Waals surface area contributed by atoms with E-state index < -0.39 is 0 Å². The molecule has 1 aliphatic rings. The minimum absolute atomic E-state index is 0.0531. The molecule has 7 nitrogen and oxygen atoms in total. The summed E-state index contributed by atoms with van der Waals surface area (Å²) >= 11 is 1.21. The minimum Gasteiger partial charge on any atom is -0.382 e. The largest absolute Gasteiger partial charge is 0.382 e. The number of thiazole rings is 1. The zero-order chi connectivity index (χ0) is 14.9. The monoisotopic (exact) mass is 297 g/mol. The van der Waals surface area contributed by atoms with Gasteiger partial charge in [0.15, 0.2) is 5.13 Å². The smallest absolute Gasteiger partial charge is 0.265 e. The lowest BCUT2D eigenvalue weighted by Crippen LogP contribution is -2.36. The number of nitrogens with zero attached hydrogens (tertiary/aromatic N) is 1. The third-order valence-electron chi connectivity index (χ3n) is 2.65. The van der Waals surface area contributed by atoms with Gasteiger partial charge in [0, 0.05) is 18.5 Å². The third-order valence-corrected chi connectivity index (χ3v) is 3.64. The van der Waals surface area contributed by atoms with E-state index in [4.69, 9.17) is 5.73 Å². The van der Waals surface area contributed by atoms with Crippen molar-refractivity contribution in [3.63, 3.8) is 0 Å². The van der Waals surface area contributed by atoms with Crippen LogP contribution in [-0.4, -0.2) is 34.9 Å².